The van der Waals surface area contributed by atoms with Crippen molar-refractivity contribution in [2.75, 3.05) is 7.05 Å². The van der Waals surface area contributed by atoms with Crippen LogP contribution in [-0.2, 0) is 16.6 Å². The topological polar surface area (TPSA) is 103 Å². The lowest BCUT2D eigenvalue weighted by Gasteiger charge is -2.15. The lowest BCUT2D eigenvalue weighted by molar-refractivity contribution is 0.0702. The summed E-state index contributed by atoms with van der Waals surface area (Å²) in [5, 5.41) is 15.2. The van der Waals surface area contributed by atoms with Crippen molar-refractivity contribution < 1.29 is 18.3 Å². The lowest BCUT2D eigenvalue weighted by atomic mass is 10.4. The number of halogens is 1. The molecule has 0 amide bonds. The Morgan fingerprint density at radius 3 is 2.80 bits per heavy atom. The van der Waals surface area contributed by atoms with Gasteiger partial charge in [0.1, 0.15) is 9.77 Å². The van der Waals surface area contributed by atoms with Crippen LogP contribution in [0, 0.1) is 0 Å². The molecule has 0 radical (unpaired) electrons. The van der Waals surface area contributed by atoms with Gasteiger partial charge in [0.2, 0.25) is 10.0 Å². The van der Waals surface area contributed by atoms with Gasteiger partial charge in [0, 0.05) is 25.4 Å². The molecule has 2 aromatic rings. The summed E-state index contributed by atoms with van der Waals surface area (Å²) in [6.07, 6.45) is 3.12. The maximum atomic E-state index is 12.4. The minimum absolute atomic E-state index is 0.0350. The third kappa shape index (κ3) is 2.92. The average Bonchev–Trinajstić information content (AvgIpc) is 2.98. The summed E-state index contributed by atoms with van der Waals surface area (Å²) >= 11 is 3.97. The van der Waals surface area contributed by atoms with Gasteiger partial charge in [-0.2, -0.15) is 9.40 Å². The zero-order valence-electron chi connectivity index (χ0n) is 10.2. The van der Waals surface area contributed by atoms with E-state index in [4.69, 9.17) is 5.11 Å². The third-order valence-electron chi connectivity index (χ3n) is 2.51. The Labute approximate surface area is 127 Å². The van der Waals surface area contributed by atoms with Crippen LogP contribution in [0.2, 0.25) is 0 Å². The van der Waals surface area contributed by atoms with E-state index < -0.39 is 16.0 Å². The molecule has 0 aliphatic heterocycles. The number of H-pyrrole nitrogens is 1. The molecule has 2 rings (SSSR count). The smallest absolute Gasteiger partial charge is 0.345 e. The van der Waals surface area contributed by atoms with Crippen LogP contribution in [0.25, 0.3) is 0 Å². The molecule has 2 heterocycles. The van der Waals surface area contributed by atoms with Gasteiger partial charge in [0.15, 0.2) is 0 Å². The van der Waals surface area contributed by atoms with Gasteiger partial charge in [0.05, 0.1) is 9.98 Å². The van der Waals surface area contributed by atoms with Crippen LogP contribution in [0.1, 0.15) is 15.2 Å². The van der Waals surface area contributed by atoms with Crippen LogP contribution in [-0.4, -0.2) is 41.0 Å². The fraction of sp³-hybridized carbons (Fsp3) is 0.200. The highest BCUT2D eigenvalue weighted by molar-refractivity contribution is 9.11. The van der Waals surface area contributed by atoms with Crippen LogP contribution in [0.3, 0.4) is 0 Å². The standard InChI is InChI=1S/C10H10BrN3O4S2/c1-14(5-6-3-12-13-4-6)20(17,18)8-2-7(10(15)16)19-9(8)11/h2-4H,5H2,1H3,(H,12,13)(H,15,16). The number of aromatic carboxylic acids is 1. The zero-order valence-corrected chi connectivity index (χ0v) is 13.4. The van der Waals surface area contributed by atoms with Crippen LogP contribution in [0.15, 0.2) is 27.1 Å². The molecule has 108 valence electrons. The Bertz CT molecular complexity index is 724. The predicted octanol–water partition coefficient (Wildman–Crippen LogP) is 1.75. The Morgan fingerprint density at radius 1 is 1.60 bits per heavy atom. The number of thiophene rings is 1. The molecule has 0 saturated heterocycles. The Hall–Kier alpha value is -1.23. The lowest BCUT2D eigenvalue weighted by Crippen LogP contribution is -2.26. The molecule has 2 aromatic heterocycles. The van der Waals surface area contributed by atoms with Crippen molar-refractivity contribution in [3.8, 4) is 0 Å². The highest BCUT2D eigenvalue weighted by atomic mass is 79.9. The second-order valence-corrected chi connectivity index (χ2v) is 8.30. The van der Waals surface area contributed by atoms with Crippen LogP contribution in [0.4, 0.5) is 0 Å². The van der Waals surface area contributed by atoms with E-state index in [1.54, 1.807) is 6.20 Å². The molecule has 0 aliphatic rings. The normalized spacial score (nSPS) is 11.9. The van der Waals surface area contributed by atoms with E-state index in [1.165, 1.54) is 13.2 Å². The molecule has 0 bridgehead atoms. The number of hydrogen-bond donors (Lipinski definition) is 2. The molecule has 0 aromatic carbocycles. The van der Waals surface area contributed by atoms with Crippen LogP contribution < -0.4 is 0 Å². The molecule has 0 saturated carbocycles. The molecular weight excluding hydrogens is 370 g/mol. The first-order valence-corrected chi connectivity index (χ1v) is 8.34. The van der Waals surface area contributed by atoms with E-state index in [-0.39, 0.29) is 20.1 Å². The number of aromatic amines is 1. The number of carbonyl (C=O) groups is 1. The largest absolute Gasteiger partial charge is 0.477 e. The number of nitrogens with zero attached hydrogens (tertiary/aromatic N) is 2. The molecule has 7 nitrogen and oxygen atoms in total. The summed E-state index contributed by atoms with van der Waals surface area (Å²) in [6, 6.07) is 1.15. The quantitative estimate of drug-likeness (QED) is 0.823. The van der Waals surface area contributed by atoms with Gasteiger partial charge in [0.25, 0.3) is 0 Å². The molecule has 20 heavy (non-hydrogen) atoms. The summed E-state index contributed by atoms with van der Waals surface area (Å²) in [4.78, 5) is 10.8. The summed E-state index contributed by atoms with van der Waals surface area (Å²) < 4.78 is 26.2. The van der Waals surface area contributed by atoms with Gasteiger partial charge in [-0.3, -0.25) is 5.10 Å². The maximum absolute atomic E-state index is 12.4. The zero-order chi connectivity index (χ0) is 14.9. The van der Waals surface area contributed by atoms with E-state index in [0.717, 1.165) is 21.7 Å². The van der Waals surface area contributed by atoms with E-state index >= 15 is 0 Å². The number of nitrogens with one attached hydrogen (secondary N) is 1. The summed E-state index contributed by atoms with van der Waals surface area (Å²) in [5.74, 6) is -1.16. The minimum Gasteiger partial charge on any atom is -0.477 e. The first-order valence-electron chi connectivity index (χ1n) is 5.29. The molecule has 0 unspecified atom stereocenters. The number of aromatic nitrogens is 2. The molecule has 2 N–H and O–H groups in total. The second kappa shape index (κ2) is 5.64. The molecule has 0 fully saturated rings. The van der Waals surface area contributed by atoms with Gasteiger partial charge >= 0.3 is 5.97 Å². The van der Waals surface area contributed by atoms with E-state index in [2.05, 4.69) is 26.1 Å². The Morgan fingerprint density at radius 2 is 2.30 bits per heavy atom. The summed E-state index contributed by atoms with van der Waals surface area (Å²) in [7, 11) is -2.34. The number of sulfonamides is 1. The van der Waals surface area contributed by atoms with E-state index in [1.807, 2.05) is 0 Å². The Kier molecular flexibility index (Phi) is 4.28. The second-order valence-electron chi connectivity index (χ2n) is 3.92. The van der Waals surface area contributed by atoms with Crippen molar-refractivity contribution in [1.82, 2.24) is 14.5 Å². The number of rotatable bonds is 5. The summed E-state index contributed by atoms with van der Waals surface area (Å²) in [5.41, 5.74) is 0.709. The van der Waals surface area contributed by atoms with Crippen molar-refractivity contribution in [1.29, 1.82) is 0 Å². The van der Waals surface area contributed by atoms with Gasteiger partial charge in [-0.1, -0.05) is 0 Å². The highest BCUT2D eigenvalue weighted by Gasteiger charge is 2.27. The Balaban J connectivity index is 2.32. The molecule has 0 spiro atoms. The predicted molar refractivity (Wildman–Crippen MR) is 76.2 cm³/mol. The number of carboxylic acid groups (broad SMARTS) is 1. The van der Waals surface area contributed by atoms with Gasteiger partial charge in [-0.05, 0) is 22.0 Å². The molecule has 0 aliphatic carbocycles. The first-order chi connectivity index (χ1) is 9.32. The van der Waals surface area contributed by atoms with Crippen molar-refractivity contribution in [3.63, 3.8) is 0 Å². The molecule has 0 atom stereocenters. The maximum Gasteiger partial charge on any atom is 0.345 e. The van der Waals surface area contributed by atoms with E-state index in [0.29, 0.717) is 5.56 Å². The molecular formula is C10H10BrN3O4S2. The van der Waals surface area contributed by atoms with Crippen molar-refractivity contribution in [2.45, 2.75) is 11.4 Å². The van der Waals surface area contributed by atoms with Gasteiger partial charge in [-0.15, -0.1) is 11.3 Å². The number of carboxylic acids is 1. The summed E-state index contributed by atoms with van der Waals surface area (Å²) in [6.45, 7) is 0.142. The average molecular weight is 380 g/mol. The number of hydrogen-bond acceptors (Lipinski definition) is 5. The van der Waals surface area contributed by atoms with Crippen LogP contribution in [0.5, 0.6) is 0 Å². The van der Waals surface area contributed by atoms with Crippen LogP contribution >= 0.6 is 27.3 Å². The fourth-order valence-electron chi connectivity index (χ4n) is 1.51. The first kappa shape index (κ1) is 15.2. The fourth-order valence-corrected chi connectivity index (χ4v) is 5.02. The van der Waals surface area contributed by atoms with Crippen molar-refractivity contribution >= 4 is 43.3 Å². The molecule has 10 heteroatoms. The van der Waals surface area contributed by atoms with Crippen molar-refractivity contribution in [2.24, 2.45) is 0 Å². The third-order valence-corrected chi connectivity index (χ3v) is 6.56. The van der Waals surface area contributed by atoms with Crippen molar-refractivity contribution in [3.05, 3.63) is 32.7 Å². The highest BCUT2D eigenvalue weighted by Crippen LogP contribution is 2.33. The monoisotopic (exact) mass is 379 g/mol. The van der Waals surface area contributed by atoms with Gasteiger partial charge < -0.3 is 5.11 Å². The SMILES string of the molecule is CN(Cc1cn[nH]c1)S(=O)(=O)c1cc(C(=O)O)sc1Br. The van der Waals surface area contributed by atoms with E-state index in [9.17, 15) is 13.2 Å². The minimum atomic E-state index is -3.77. The van der Waals surface area contributed by atoms with Gasteiger partial charge in [-0.25, -0.2) is 13.2 Å².